The number of nitrogens with one attached hydrogen (secondary N) is 3. The average Bonchev–Trinajstić information content (AvgIpc) is 3.27. The molecule has 0 aromatic carbocycles. The van der Waals surface area contributed by atoms with Crippen LogP contribution in [-0.4, -0.2) is 31.5 Å². The third-order valence-electron chi connectivity index (χ3n) is 4.81. The standard InChI is InChI=1S/C18H30N4O2.HI/c1-3-18(9-5-6-10-18)14-22-17(19-4-2)21-13-16(23)20-12-15-8-7-11-24-15;/h7-8,11H,3-6,9-10,12-14H2,1-2H3,(H,20,23)(H2,19,21,22);1H. The Hall–Kier alpha value is -1.25. The van der Waals surface area contributed by atoms with E-state index in [-0.39, 0.29) is 36.4 Å². The van der Waals surface area contributed by atoms with E-state index in [1.54, 1.807) is 12.3 Å². The molecule has 1 saturated carbocycles. The van der Waals surface area contributed by atoms with E-state index in [4.69, 9.17) is 4.42 Å². The Bertz CT molecular complexity index is 525. The van der Waals surface area contributed by atoms with Gasteiger partial charge in [0.15, 0.2) is 5.96 Å². The third-order valence-corrected chi connectivity index (χ3v) is 4.81. The Kier molecular flexibility index (Phi) is 9.92. The number of aliphatic imine (C=N–C) groups is 1. The number of rotatable bonds is 8. The maximum atomic E-state index is 11.9. The molecular formula is C18H31IN4O2. The lowest BCUT2D eigenvalue weighted by Crippen LogP contribution is -2.43. The van der Waals surface area contributed by atoms with Crippen LogP contribution in [0.2, 0.25) is 0 Å². The van der Waals surface area contributed by atoms with E-state index < -0.39 is 0 Å². The number of carbonyl (C=O) groups excluding carboxylic acids is 1. The number of nitrogens with zero attached hydrogens (tertiary/aromatic N) is 1. The molecule has 0 saturated heterocycles. The zero-order valence-corrected chi connectivity index (χ0v) is 17.6. The molecule has 0 atom stereocenters. The second-order valence-corrected chi connectivity index (χ2v) is 6.47. The van der Waals surface area contributed by atoms with Crippen LogP contribution in [-0.2, 0) is 11.3 Å². The minimum atomic E-state index is -0.116. The predicted octanol–water partition coefficient (Wildman–Crippen LogP) is 3.04. The van der Waals surface area contributed by atoms with Gasteiger partial charge in [0.2, 0.25) is 5.91 Å². The molecule has 1 aromatic heterocycles. The molecule has 1 aliphatic carbocycles. The summed E-state index contributed by atoms with van der Waals surface area (Å²) in [4.78, 5) is 16.3. The van der Waals surface area contributed by atoms with Crippen molar-refractivity contribution in [3.8, 4) is 0 Å². The predicted molar refractivity (Wildman–Crippen MR) is 111 cm³/mol. The molecule has 142 valence electrons. The lowest BCUT2D eigenvalue weighted by Gasteiger charge is -2.28. The number of furan rings is 1. The molecule has 0 unspecified atom stereocenters. The molecule has 1 fully saturated rings. The van der Waals surface area contributed by atoms with Crippen molar-refractivity contribution in [2.24, 2.45) is 10.4 Å². The topological polar surface area (TPSA) is 78.7 Å². The quantitative estimate of drug-likeness (QED) is 0.315. The number of hydrogen-bond donors (Lipinski definition) is 3. The molecule has 25 heavy (non-hydrogen) atoms. The second kappa shape index (κ2) is 11.4. The number of guanidine groups is 1. The van der Waals surface area contributed by atoms with Crippen LogP contribution in [0.1, 0.15) is 51.7 Å². The van der Waals surface area contributed by atoms with Gasteiger partial charge in [0.05, 0.1) is 12.8 Å². The molecule has 0 radical (unpaired) electrons. The van der Waals surface area contributed by atoms with Gasteiger partial charge < -0.3 is 20.4 Å². The van der Waals surface area contributed by atoms with Crippen molar-refractivity contribution in [2.45, 2.75) is 52.5 Å². The first-order valence-corrected chi connectivity index (χ1v) is 8.99. The molecule has 1 amide bonds. The van der Waals surface area contributed by atoms with Crippen LogP contribution in [0.3, 0.4) is 0 Å². The summed E-state index contributed by atoms with van der Waals surface area (Å²) >= 11 is 0. The Morgan fingerprint density at radius 2 is 2.00 bits per heavy atom. The van der Waals surface area contributed by atoms with Gasteiger partial charge in [0, 0.05) is 13.1 Å². The highest BCUT2D eigenvalue weighted by Crippen LogP contribution is 2.40. The maximum Gasteiger partial charge on any atom is 0.242 e. The molecule has 3 N–H and O–H groups in total. The molecule has 0 aliphatic heterocycles. The number of carbonyl (C=O) groups is 1. The highest BCUT2D eigenvalue weighted by molar-refractivity contribution is 14.0. The highest BCUT2D eigenvalue weighted by Gasteiger charge is 2.31. The van der Waals surface area contributed by atoms with Gasteiger partial charge in [-0.1, -0.05) is 19.8 Å². The molecule has 1 aliphatic rings. The number of amides is 1. The van der Waals surface area contributed by atoms with Crippen molar-refractivity contribution in [1.82, 2.24) is 16.0 Å². The van der Waals surface area contributed by atoms with E-state index in [9.17, 15) is 4.79 Å². The number of halogens is 1. The Morgan fingerprint density at radius 1 is 1.24 bits per heavy atom. The van der Waals surface area contributed by atoms with Crippen LogP contribution < -0.4 is 16.0 Å². The zero-order valence-electron chi connectivity index (χ0n) is 15.3. The molecule has 6 nitrogen and oxygen atoms in total. The molecule has 0 spiro atoms. The molecule has 7 heteroatoms. The van der Waals surface area contributed by atoms with E-state index in [0.29, 0.717) is 17.9 Å². The summed E-state index contributed by atoms with van der Waals surface area (Å²) in [5, 5.41) is 9.44. The fraction of sp³-hybridized carbons (Fsp3) is 0.667. The normalized spacial score (nSPS) is 16.2. The van der Waals surface area contributed by atoms with E-state index in [2.05, 4.69) is 27.9 Å². The van der Waals surface area contributed by atoms with Gasteiger partial charge in [0.25, 0.3) is 0 Å². The lowest BCUT2D eigenvalue weighted by molar-refractivity contribution is -0.119. The summed E-state index contributed by atoms with van der Waals surface area (Å²) in [5.41, 5.74) is 0.387. The summed E-state index contributed by atoms with van der Waals surface area (Å²) in [7, 11) is 0. The Labute approximate surface area is 167 Å². The smallest absolute Gasteiger partial charge is 0.242 e. The van der Waals surface area contributed by atoms with Crippen LogP contribution in [0, 0.1) is 5.41 Å². The van der Waals surface area contributed by atoms with Gasteiger partial charge in [-0.05, 0) is 43.7 Å². The molecule has 1 heterocycles. The van der Waals surface area contributed by atoms with Gasteiger partial charge in [-0.3, -0.25) is 4.79 Å². The van der Waals surface area contributed by atoms with Gasteiger partial charge in [-0.2, -0.15) is 0 Å². The summed E-state index contributed by atoms with van der Waals surface area (Å²) in [6.07, 6.45) is 7.97. The van der Waals surface area contributed by atoms with Crippen LogP contribution in [0.5, 0.6) is 0 Å². The highest BCUT2D eigenvalue weighted by atomic mass is 127. The Morgan fingerprint density at radius 3 is 2.60 bits per heavy atom. The van der Waals surface area contributed by atoms with Crippen LogP contribution >= 0.6 is 24.0 Å². The molecule has 2 rings (SSSR count). The van der Waals surface area contributed by atoms with E-state index in [0.717, 1.165) is 18.8 Å². The largest absolute Gasteiger partial charge is 0.467 e. The van der Waals surface area contributed by atoms with Crippen LogP contribution in [0.15, 0.2) is 27.8 Å². The van der Waals surface area contributed by atoms with Crippen molar-refractivity contribution in [1.29, 1.82) is 0 Å². The van der Waals surface area contributed by atoms with Gasteiger partial charge >= 0.3 is 0 Å². The van der Waals surface area contributed by atoms with Gasteiger partial charge in [0.1, 0.15) is 12.3 Å². The zero-order chi connectivity index (χ0) is 17.3. The van der Waals surface area contributed by atoms with Crippen molar-refractivity contribution >= 4 is 35.8 Å². The minimum absolute atomic E-state index is 0. The van der Waals surface area contributed by atoms with Crippen molar-refractivity contribution < 1.29 is 9.21 Å². The average molecular weight is 462 g/mol. The van der Waals surface area contributed by atoms with E-state index >= 15 is 0 Å². The van der Waals surface area contributed by atoms with Crippen molar-refractivity contribution in [3.05, 3.63) is 24.2 Å². The minimum Gasteiger partial charge on any atom is -0.467 e. The second-order valence-electron chi connectivity index (χ2n) is 6.47. The molecular weight excluding hydrogens is 431 g/mol. The SMILES string of the molecule is CCNC(=NCC(=O)NCc1ccco1)NCC1(CC)CCCC1.I. The first-order valence-electron chi connectivity index (χ1n) is 8.99. The van der Waals surface area contributed by atoms with Gasteiger partial charge in [-0.15, -0.1) is 24.0 Å². The summed E-state index contributed by atoms with van der Waals surface area (Å²) in [5.74, 6) is 1.34. The first kappa shape index (κ1) is 21.8. The van der Waals surface area contributed by atoms with Crippen LogP contribution in [0.25, 0.3) is 0 Å². The van der Waals surface area contributed by atoms with Crippen LogP contribution in [0.4, 0.5) is 0 Å². The fourth-order valence-electron chi connectivity index (χ4n) is 3.20. The van der Waals surface area contributed by atoms with Crippen molar-refractivity contribution in [2.75, 3.05) is 19.6 Å². The molecule has 0 bridgehead atoms. The summed E-state index contributed by atoms with van der Waals surface area (Å²) < 4.78 is 5.19. The van der Waals surface area contributed by atoms with E-state index in [1.807, 2.05) is 13.0 Å². The lowest BCUT2D eigenvalue weighted by atomic mass is 9.83. The van der Waals surface area contributed by atoms with Crippen molar-refractivity contribution in [3.63, 3.8) is 0 Å². The summed E-state index contributed by atoms with van der Waals surface area (Å²) in [6.45, 7) is 6.49. The van der Waals surface area contributed by atoms with E-state index in [1.165, 1.54) is 32.1 Å². The molecule has 1 aromatic rings. The fourth-order valence-corrected chi connectivity index (χ4v) is 3.20. The third kappa shape index (κ3) is 7.25. The Balaban J connectivity index is 0.00000312. The van der Waals surface area contributed by atoms with Gasteiger partial charge in [-0.25, -0.2) is 4.99 Å². The maximum absolute atomic E-state index is 11.9. The first-order chi connectivity index (χ1) is 11.7. The summed E-state index contributed by atoms with van der Waals surface area (Å²) in [6, 6.07) is 3.64. The monoisotopic (exact) mass is 462 g/mol. The number of hydrogen-bond acceptors (Lipinski definition) is 3.